The van der Waals surface area contributed by atoms with E-state index in [0.29, 0.717) is 19.2 Å². The highest BCUT2D eigenvalue weighted by Gasteiger charge is 2.10. The quantitative estimate of drug-likeness (QED) is 0.748. The number of aliphatic hydroxyl groups is 1. The average Bonchev–Trinajstić information content (AvgIpc) is 2.58. The SMILES string of the molecule is CCC(Cc1ccccc1)NCC(O)COc1ccccc1. The molecule has 0 bridgehead atoms. The summed E-state index contributed by atoms with van der Waals surface area (Å²) in [5, 5.41) is 13.5. The molecule has 0 aliphatic heterocycles. The third kappa shape index (κ3) is 5.88. The lowest BCUT2D eigenvalue weighted by atomic mass is 10.0. The molecule has 2 aromatic carbocycles. The lowest BCUT2D eigenvalue weighted by molar-refractivity contribution is 0.103. The Morgan fingerprint density at radius 3 is 2.27 bits per heavy atom. The van der Waals surface area contributed by atoms with Crippen LogP contribution in [0.2, 0.25) is 0 Å². The van der Waals surface area contributed by atoms with E-state index >= 15 is 0 Å². The summed E-state index contributed by atoms with van der Waals surface area (Å²) in [5.74, 6) is 0.790. The number of nitrogens with one attached hydrogen (secondary N) is 1. The Hall–Kier alpha value is -1.84. The number of hydrogen-bond donors (Lipinski definition) is 2. The van der Waals surface area contributed by atoms with Crippen LogP contribution in [0.3, 0.4) is 0 Å². The molecule has 0 aliphatic rings. The molecule has 2 aromatic rings. The van der Waals surface area contributed by atoms with Gasteiger partial charge in [-0.2, -0.15) is 0 Å². The van der Waals surface area contributed by atoms with Crippen LogP contribution >= 0.6 is 0 Å². The van der Waals surface area contributed by atoms with Crippen LogP contribution in [-0.2, 0) is 6.42 Å². The van der Waals surface area contributed by atoms with Crippen LogP contribution in [0, 0.1) is 0 Å². The lowest BCUT2D eigenvalue weighted by Gasteiger charge is -2.20. The van der Waals surface area contributed by atoms with Gasteiger partial charge in [0, 0.05) is 12.6 Å². The molecule has 0 fully saturated rings. The van der Waals surface area contributed by atoms with Gasteiger partial charge in [0.15, 0.2) is 0 Å². The van der Waals surface area contributed by atoms with Crippen molar-refractivity contribution < 1.29 is 9.84 Å². The molecule has 2 atom stereocenters. The number of benzene rings is 2. The molecule has 0 spiro atoms. The van der Waals surface area contributed by atoms with Crippen molar-refractivity contribution in [2.75, 3.05) is 13.2 Å². The maximum Gasteiger partial charge on any atom is 0.119 e. The lowest BCUT2D eigenvalue weighted by Crippen LogP contribution is -2.38. The van der Waals surface area contributed by atoms with Crippen molar-refractivity contribution in [2.45, 2.75) is 31.9 Å². The van der Waals surface area contributed by atoms with E-state index in [-0.39, 0.29) is 0 Å². The Morgan fingerprint density at radius 2 is 1.64 bits per heavy atom. The van der Waals surface area contributed by atoms with Gasteiger partial charge in [-0.15, -0.1) is 0 Å². The van der Waals surface area contributed by atoms with Gasteiger partial charge in [-0.1, -0.05) is 55.5 Å². The maximum atomic E-state index is 10.0. The fraction of sp³-hybridized carbons (Fsp3) is 0.368. The topological polar surface area (TPSA) is 41.5 Å². The van der Waals surface area contributed by atoms with Crippen molar-refractivity contribution in [1.29, 1.82) is 0 Å². The smallest absolute Gasteiger partial charge is 0.119 e. The van der Waals surface area contributed by atoms with Crippen molar-refractivity contribution in [3.8, 4) is 5.75 Å². The van der Waals surface area contributed by atoms with Gasteiger partial charge in [-0.05, 0) is 30.5 Å². The fourth-order valence-electron chi connectivity index (χ4n) is 2.33. The van der Waals surface area contributed by atoms with E-state index in [1.165, 1.54) is 5.56 Å². The van der Waals surface area contributed by atoms with Gasteiger partial charge in [-0.25, -0.2) is 0 Å². The Labute approximate surface area is 133 Å². The van der Waals surface area contributed by atoms with Gasteiger partial charge in [0.05, 0.1) is 0 Å². The maximum absolute atomic E-state index is 10.0. The second kappa shape index (κ2) is 9.23. The summed E-state index contributed by atoms with van der Waals surface area (Å²) < 4.78 is 5.56. The summed E-state index contributed by atoms with van der Waals surface area (Å²) in [6, 6.07) is 20.4. The van der Waals surface area contributed by atoms with E-state index in [2.05, 4.69) is 36.5 Å². The van der Waals surface area contributed by atoms with Crippen molar-refractivity contribution in [3.63, 3.8) is 0 Å². The molecule has 0 aliphatic carbocycles. The van der Waals surface area contributed by atoms with Crippen LogP contribution in [-0.4, -0.2) is 30.4 Å². The van der Waals surface area contributed by atoms with Crippen molar-refractivity contribution in [1.82, 2.24) is 5.32 Å². The minimum atomic E-state index is -0.509. The zero-order valence-electron chi connectivity index (χ0n) is 13.1. The second-order valence-corrected chi connectivity index (χ2v) is 5.48. The minimum absolute atomic E-state index is 0.304. The molecule has 0 saturated heterocycles. The summed E-state index contributed by atoms with van der Waals surface area (Å²) >= 11 is 0. The van der Waals surface area contributed by atoms with Crippen LogP contribution in [0.15, 0.2) is 60.7 Å². The highest BCUT2D eigenvalue weighted by molar-refractivity contribution is 5.21. The molecule has 2 rings (SSSR count). The fourth-order valence-corrected chi connectivity index (χ4v) is 2.33. The zero-order chi connectivity index (χ0) is 15.6. The summed E-state index contributed by atoms with van der Waals surface area (Å²) in [4.78, 5) is 0. The summed E-state index contributed by atoms with van der Waals surface area (Å²) in [7, 11) is 0. The number of para-hydroxylation sites is 1. The Morgan fingerprint density at radius 1 is 1.00 bits per heavy atom. The van der Waals surface area contributed by atoms with Gasteiger partial charge >= 0.3 is 0 Å². The minimum Gasteiger partial charge on any atom is -0.491 e. The Kier molecular flexibility index (Phi) is 6.94. The molecular weight excluding hydrogens is 274 g/mol. The molecule has 2 unspecified atom stereocenters. The molecule has 0 saturated carbocycles. The number of aliphatic hydroxyl groups excluding tert-OH is 1. The van der Waals surface area contributed by atoms with Gasteiger partial charge in [-0.3, -0.25) is 0 Å². The van der Waals surface area contributed by atoms with Crippen LogP contribution in [0.1, 0.15) is 18.9 Å². The van der Waals surface area contributed by atoms with E-state index < -0.39 is 6.10 Å². The van der Waals surface area contributed by atoms with Gasteiger partial charge in [0.1, 0.15) is 18.5 Å². The van der Waals surface area contributed by atoms with E-state index in [1.54, 1.807) is 0 Å². The first-order valence-electron chi connectivity index (χ1n) is 7.91. The molecular formula is C19H25NO2. The average molecular weight is 299 g/mol. The zero-order valence-corrected chi connectivity index (χ0v) is 13.1. The van der Waals surface area contributed by atoms with Crippen molar-refractivity contribution in [3.05, 3.63) is 66.2 Å². The normalized spacial score (nSPS) is 13.5. The standard InChI is InChI=1S/C19H25NO2/c1-2-17(13-16-9-5-3-6-10-16)20-14-18(21)15-22-19-11-7-4-8-12-19/h3-12,17-18,20-21H,2,13-15H2,1H3. The van der Waals surface area contributed by atoms with Gasteiger partial charge in [0.2, 0.25) is 0 Å². The largest absolute Gasteiger partial charge is 0.491 e. The molecule has 0 heterocycles. The summed E-state index contributed by atoms with van der Waals surface area (Å²) in [6.45, 7) is 3.00. The third-order valence-electron chi connectivity index (χ3n) is 3.65. The number of rotatable bonds is 9. The number of ether oxygens (including phenoxy) is 1. The highest BCUT2D eigenvalue weighted by Crippen LogP contribution is 2.09. The molecule has 22 heavy (non-hydrogen) atoms. The predicted molar refractivity (Wildman–Crippen MR) is 90.2 cm³/mol. The molecule has 0 radical (unpaired) electrons. The Balaban J connectivity index is 1.70. The van der Waals surface area contributed by atoms with E-state index in [0.717, 1.165) is 18.6 Å². The van der Waals surface area contributed by atoms with Crippen molar-refractivity contribution in [2.24, 2.45) is 0 Å². The van der Waals surface area contributed by atoms with Crippen LogP contribution in [0.5, 0.6) is 5.75 Å². The predicted octanol–water partition coefficient (Wildman–Crippen LogP) is 3.04. The molecule has 2 N–H and O–H groups in total. The number of hydrogen-bond acceptors (Lipinski definition) is 3. The van der Waals surface area contributed by atoms with Gasteiger partial charge in [0.25, 0.3) is 0 Å². The second-order valence-electron chi connectivity index (χ2n) is 5.48. The highest BCUT2D eigenvalue weighted by atomic mass is 16.5. The molecule has 0 aromatic heterocycles. The summed E-state index contributed by atoms with van der Waals surface area (Å²) in [5.41, 5.74) is 1.32. The first-order chi connectivity index (χ1) is 10.8. The summed E-state index contributed by atoms with van der Waals surface area (Å²) in [6.07, 6.45) is 1.50. The van der Waals surface area contributed by atoms with E-state index in [9.17, 15) is 5.11 Å². The first-order valence-corrected chi connectivity index (χ1v) is 7.91. The van der Waals surface area contributed by atoms with Crippen LogP contribution in [0.4, 0.5) is 0 Å². The van der Waals surface area contributed by atoms with Crippen LogP contribution < -0.4 is 10.1 Å². The van der Waals surface area contributed by atoms with E-state index in [4.69, 9.17) is 4.74 Å². The van der Waals surface area contributed by atoms with Crippen molar-refractivity contribution >= 4 is 0 Å². The van der Waals surface area contributed by atoms with Gasteiger partial charge < -0.3 is 15.2 Å². The monoisotopic (exact) mass is 299 g/mol. The van der Waals surface area contributed by atoms with Crippen LogP contribution in [0.25, 0.3) is 0 Å². The molecule has 3 nitrogen and oxygen atoms in total. The first kappa shape index (κ1) is 16.5. The van der Waals surface area contributed by atoms with E-state index in [1.807, 2.05) is 36.4 Å². The molecule has 0 amide bonds. The third-order valence-corrected chi connectivity index (χ3v) is 3.65. The molecule has 118 valence electrons. The molecule has 3 heteroatoms. The Bertz CT molecular complexity index is 515.